The monoisotopic (exact) mass is 296 g/mol. The second-order valence-electron chi connectivity index (χ2n) is 5.64. The third kappa shape index (κ3) is 3.53. The minimum atomic E-state index is 0.108. The molecule has 1 saturated heterocycles. The Morgan fingerprint density at radius 3 is 2.85 bits per heavy atom. The molecule has 0 bridgehead atoms. The molecule has 0 radical (unpaired) electrons. The Morgan fingerprint density at radius 2 is 2.20 bits per heavy atom. The van der Waals surface area contributed by atoms with Crippen molar-refractivity contribution in [2.24, 2.45) is 11.7 Å². The Labute approximate surface area is 127 Å². The third-order valence-electron chi connectivity index (χ3n) is 4.21. The Balaban J connectivity index is 2.19. The summed E-state index contributed by atoms with van der Waals surface area (Å²) in [6.07, 6.45) is 2.12. The van der Waals surface area contributed by atoms with Gasteiger partial charge in [-0.15, -0.1) is 0 Å². The van der Waals surface area contributed by atoms with Gasteiger partial charge < -0.3 is 10.5 Å². The Hall–Kier alpha value is -0.610. The first-order valence-corrected chi connectivity index (χ1v) is 7.78. The van der Waals surface area contributed by atoms with Crippen molar-refractivity contribution in [3.8, 4) is 0 Å². The molecule has 1 aliphatic rings. The Bertz CT molecular complexity index is 427. The van der Waals surface area contributed by atoms with Crippen LogP contribution in [0.5, 0.6) is 0 Å². The first-order valence-electron chi connectivity index (χ1n) is 7.40. The van der Waals surface area contributed by atoms with Crippen LogP contribution in [-0.2, 0) is 4.74 Å². The number of benzene rings is 1. The molecular formula is C16H25ClN2O. The van der Waals surface area contributed by atoms with E-state index in [1.165, 1.54) is 6.42 Å². The maximum absolute atomic E-state index is 6.39. The molecule has 4 heteroatoms. The summed E-state index contributed by atoms with van der Waals surface area (Å²) >= 11 is 6.39. The average molecular weight is 297 g/mol. The molecule has 3 unspecified atom stereocenters. The lowest BCUT2D eigenvalue weighted by Crippen LogP contribution is -2.40. The topological polar surface area (TPSA) is 38.5 Å². The zero-order valence-electron chi connectivity index (χ0n) is 12.4. The predicted molar refractivity (Wildman–Crippen MR) is 84.0 cm³/mol. The highest BCUT2D eigenvalue weighted by Gasteiger charge is 2.32. The van der Waals surface area contributed by atoms with E-state index in [0.29, 0.717) is 5.92 Å². The second kappa shape index (κ2) is 7.41. The molecule has 0 amide bonds. The molecule has 1 aliphatic heterocycles. The number of hydrogen-bond acceptors (Lipinski definition) is 3. The zero-order valence-corrected chi connectivity index (χ0v) is 13.1. The lowest BCUT2D eigenvalue weighted by molar-refractivity contribution is 0.142. The van der Waals surface area contributed by atoms with E-state index < -0.39 is 0 Å². The highest BCUT2D eigenvalue weighted by atomic mass is 35.5. The third-order valence-corrected chi connectivity index (χ3v) is 4.56. The number of ether oxygens (including phenoxy) is 1. The van der Waals surface area contributed by atoms with Gasteiger partial charge in [0.15, 0.2) is 0 Å². The normalized spacial score (nSPS) is 22.9. The first-order chi connectivity index (χ1) is 9.67. The van der Waals surface area contributed by atoms with Crippen LogP contribution in [0.1, 0.15) is 31.4 Å². The van der Waals surface area contributed by atoms with Crippen LogP contribution in [0.4, 0.5) is 0 Å². The second-order valence-corrected chi connectivity index (χ2v) is 6.05. The molecule has 2 rings (SSSR count). The van der Waals surface area contributed by atoms with E-state index in [0.717, 1.165) is 36.7 Å². The van der Waals surface area contributed by atoms with Gasteiger partial charge in [0, 0.05) is 24.7 Å². The van der Waals surface area contributed by atoms with Gasteiger partial charge in [0.2, 0.25) is 0 Å². The molecule has 0 aromatic heterocycles. The molecule has 3 nitrogen and oxygen atoms in total. The minimum absolute atomic E-state index is 0.108. The fraction of sp³-hybridized carbons (Fsp3) is 0.625. The van der Waals surface area contributed by atoms with Crippen molar-refractivity contribution in [3.05, 3.63) is 34.9 Å². The van der Waals surface area contributed by atoms with E-state index in [9.17, 15) is 0 Å². The summed E-state index contributed by atoms with van der Waals surface area (Å²) in [4.78, 5) is 2.47. The number of methoxy groups -OCH3 is 1. The van der Waals surface area contributed by atoms with Crippen LogP contribution < -0.4 is 5.73 Å². The van der Waals surface area contributed by atoms with Crippen molar-refractivity contribution < 1.29 is 4.74 Å². The number of hydrogen-bond donors (Lipinski definition) is 1. The van der Waals surface area contributed by atoms with E-state index in [1.807, 2.05) is 18.2 Å². The summed E-state index contributed by atoms with van der Waals surface area (Å²) in [6.45, 7) is 5.07. The van der Waals surface area contributed by atoms with Crippen molar-refractivity contribution in [3.63, 3.8) is 0 Å². The lowest BCUT2D eigenvalue weighted by atomic mass is 9.96. The van der Waals surface area contributed by atoms with Gasteiger partial charge in [-0.2, -0.15) is 0 Å². The molecule has 0 spiro atoms. The van der Waals surface area contributed by atoms with Gasteiger partial charge in [0.05, 0.1) is 12.6 Å². The number of nitrogens with two attached hydrogens (primary N) is 1. The number of nitrogens with zero attached hydrogens (tertiary/aromatic N) is 1. The van der Waals surface area contributed by atoms with Gasteiger partial charge in [0.25, 0.3) is 0 Å². The first kappa shape index (κ1) is 15.8. The van der Waals surface area contributed by atoms with Crippen LogP contribution >= 0.6 is 11.6 Å². The Kier molecular flexibility index (Phi) is 5.85. The van der Waals surface area contributed by atoms with Gasteiger partial charge in [-0.25, -0.2) is 0 Å². The van der Waals surface area contributed by atoms with Crippen molar-refractivity contribution >= 4 is 11.6 Å². The van der Waals surface area contributed by atoms with Crippen LogP contribution in [0.15, 0.2) is 24.3 Å². The average Bonchev–Trinajstić information content (AvgIpc) is 2.90. The molecule has 0 aliphatic carbocycles. The quantitative estimate of drug-likeness (QED) is 0.877. The Morgan fingerprint density at radius 1 is 1.45 bits per heavy atom. The summed E-state index contributed by atoms with van der Waals surface area (Å²) in [6, 6.07) is 8.38. The standard InChI is InChI=1S/C16H25ClN2O/c1-3-15(18)16(13-6-4-5-7-14(13)17)19-9-8-12(10-19)11-20-2/h4-7,12,15-16H,3,8-11,18H2,1-2H3. The van der Waals surface area contributed by atoms with Crippen LogP contribution in [0.25, 0.3) is 0 Å². The summed E-state index contributed by atoms with van der Waals surface area (Å²) in [5.74, 6) is 0.606. The van der Waals surface area contributed by atoms with Gasteiger partial charge in [0.1, 0.15) is 0 Å². The fourth-order valence-corrected chi connectivity index (χ4v) is 3.37. The highest BCUT2D eigenvalue weighted by Crippen LogP contribution is 2.34. The summed E-state index contributed by atoms with van der Waals surface area (Å²) in [5, 5.41) is 0.816. The van der Waals surface area contributed by atoms with E-state index in [4.69, 9.17) is 22.1 Å². The van der Waals surface area contributed by atoms with E-state index in [2.05, 4.69) is 17.9 Å². The van der Waals surface area contributed by atoms with Crippen LogP contribution in [0.3, 0.4) is 0 Å². The molecule has 1 heterocycles. The van der Waals surface area contributed by atoms with Gasteiger partial charge in [-0.05, 0) is 36.9 Å². The molecule has 0 saturated carbocycles. The van der Waals surface area contributed by atoms with Crippen molar-refractivity contribution in [2.75, 3.05) is 26.8 Å². The molecule has 3 atom stereocenters. The van der Waals surface area contributed by atoms with Crippen LogP contribution in [0.2, 0.25) is 5.02 Å². The molecule has 1 aromatic rings. The molecule has 2 N–H and O–H groups in total. The fourth-order valence-electron chi connectivity index (χ4n) is 3.12. The lowest BCUT2D eigenvalue weighted by Gasteiger charge is -2.33. The summed E-state index contributed by atoms with van der Waals surface area (Å²) in [7, 11) is 1.77. The molecule has 112 valence electrons. The summed E-state index contributed by atoms with van der Waals surface area (Å²) < 4.78 is 5.29. The van der Waals surface area contributed by atoms with Crippen molar-refractivity contribution in [2.45, 2.75) is 31.8 Å². The summed E-state index contributed by atoms with van der Waals surface area (Å²) in [5.41, 5.74) is 7.54. The highest BCUT2D eigenvalue weighted by molar-refractivity contribution is 6.31. The number of likely N-dealkylation sites (tertiary alicyclic amines) is 1. The molecule has 20 heavy (non-hydrogen) atoms. The van der Waals surface area contributed by atoms with Crippen LogP contribution in [0, 0.1) is 5.92 Å². The molecular weight excluding hydrogens is 272 g/mol. The predicted octanol–water partition coefficient (Wildman–Crippen LogP) is 3.09. The van der Waals surface area contributed by atoms with Gasteiger partial charge >= 0.3 is 0 Å². The van der Waals surface area contributed by atoms with Gasteiger partial charge in [-0.3, -0.25) is 4.90 Å². The van der Waals surface area contributed by atoms with Crippen molar-refractivity contribution in [1.82, 2.24) is 4.90 Å². The number of halogens is 1. The van der Waals surface area contributed by atoms with Crippen molar-refractivity contribution in [1.29, 1.82) is 0 Å². The molecule has 1 aromatic carbocycles. The maximum Gasteiger partial charge on any atom is 0.0513 e. The minimum Gasteiger partial charge on any atom is -0.384 e. The van der Waals surface area contributed by atoms with E-state index >= 15 is 0 Å². The maximum atomic E-state index is 6.39. The SMILES string of the molecule is CCC(N)C(c1ccccc1Cl)N1CCC(COC)C1. The van der Waals surface area contributed by atoms with E-state index in [1.54, 1.807) is 7.11 Å². The smallest absolute Gasteiger partial charge is 0.0513 e. The largest absolute Gasteiger partial charge is 0.384 e. The molecule has 1 fully saturated rings. The van der Waals surface area contributed by atoms with Gasteiger partial charge in [-0.1, -0.05) is 36.7 Å². The van der Waals surface area contributed by atoms with E-state index in [-0.39, 0.29) is 12.1 Å². The number of rotatable bonds is 6. The zero-order chi connectivity index (χ0) is 14.5. The van der Waals surface area contributed by atoms with Crippen LogP contribution in [-0.4, -0.2) is 37.7 Å².